The van der Waals surface area contributed by atoms with Crippen LogP contribution in [0.1, 0.15) is 42.6 Å². The molecule has 0 aliphatic heterocycles. The fourth-order valence-electron chi connectivity index (χ4n) is 4.12. The number of para-hydroxylation sites is 1. The van der Waals surface area contributed by atoms with Crippen molar-refractivity contribution in [3.05, 3.63) is 81.5 Å². The number of anilines is 1. The number of hydrogen-bond acceptors (Lipinski definition) is 6. The maximum atomic E-state index is 13.1. The highest BCUT2D eigenvalue weighted by molar-refractivity contribution is 7.99. The fourth-order valence-corrected chi connectivity index (χ4v) is 4.93. The molecular weight excluding hydrogens is 488 g/mol. The monoisotopic (exact) mass is 520 g/mol. The first-order valence-electron chi connectivity index (χ1n) is 12.2. The highest BCUT2D eigenvalue weighted by Gasteiger charge is 2.22. The largest absolute Gasteiger partial charge is 0.482 e. The van der Waals surface area contributed by atoms with Crippen LogP contribution in [0.3, 0.4) is 0 Å². The van der Waals surface area contributed by atoms with Gasteiger partial charge in [0.05, 0.1) is 17.1 Å². The van der Waals surface area contributed by atoms with E-state index in [0.29, 0.717) is 23.2 Å². The SMILES string of the molecule is CCn1c(SCC(=O)Nc2c(C)n(C)n(-c3ccccc3)c2=O)nnc1C(C)Oc1cccc(C)c1C. The van der Waals surface area contributed by atoms with Gasteiger partial charge in [0, 0.05) is 13.6 Å². The van der Waals surface area contributed by atoms with E-state index in [1.54, 1.807) is 18.7 Å². The van der Waals surface area contributed by atoms with E-state index in [4.69, 9.17) is 4.74 Å². The molecule has 0 aliphatic carbocycles. The maximum absolute atomic E-state index is 13.1. The van der Waals surface area contributed by atoms with Gasteiger partial charge in [-0.15, -0.1) is 10.2 Å². The van der Waals surface area contributed by atoms with Crippen molar-refractivity contribution in [2.24, 2.45) is 7.05 Å². The number of rotatable bonds is 9. The molecule has 0 bridgehead atoms. The second-order valence-electron chi connectivity index (χ2n) is 8.82. The third kappa shape index (κ3) is 5.34. The lowest BCUT2D eigenvalue weighted by molar-refractivity contribution is -0.113. The summed E-state index contributed by atoms with van der Waals surface area (Å²) in [6, 6.07) is 15.3. The lowest BCUT2D eigenvalue weighted by atomic mass is 10.1. The van der Waals surface area contributed by atoms with Crippen molar-refractivity contribution in [3.63, 3.8) is 0 Å². The van der Waals surface area contributed by atoms with E-state index >= 15 is 0 Å². The summed E-state index contributed by atoms with van der Waals surface area (Å²) >= 11 is 1.27. The number of nitrogens with one attached hydrogen (secondary N) is 1. The van der Waals surface area contributed by atoms with Crippen LogP contribution < -0.4 is 15.6 Å². The Morgan fingerprint density at radius 2 is 1.81 bits per heavy atom. The van der Waals surface area contributed by atoms with E-state index in [0.717, 1.165) is 22.6 Å². The van der Waals surface area contributed by atoms with E-state index in [1.165, 1.54) is 16.4 Å². The molecule has 194 valence electrons. The standard InChI is InChI=1S/C27H32N6O3S/c1-7-32-25(20(5)36-22-15-11-12-17(2)18(22)3)29-30-27(32)37-16-23(34)28-24-19(4)31(6)33(26(24)35)21-13-9-8-10-14-21/h8-15,20H,7,16H2,1-6H3,(H,28,34). The normalized spacial score (nSPS) is 11.9. The predicted molar refractivity (Wildman–Crippen MR) is 146 cm³/mol. The van der Waals surface area contributed by atoms with E-state index in [2.05, 4.69) is 28.5 Å². The van der Waals surface area contributed by atoms with Gasteiger partial charge in [0.15, 0.2) is 17.1 Å². The van der Waals surface area contributed by atoms with Gasteiger partial charge in [0.25, 0.3) is 5.56 Å². The Morgan fingerprint density at radius 3 is 2.51 bits per heavy atom. The van der Waals surface area contributed by atoms with Crippen molar-refractivity contribution in [3.8, 4) is 11.4 Å². The molecule has 4 aromatic rings. The van der Waals surface area contributed by atoms with Crippen molar-refractivity contribution < 1.29 is 9.53 Å². The molecule has 0 fully saturated rings. The molecule has 0 aliphatic rings. The van der Waals surface area contributed by atoms with Gasteiger partial charge in [0.2, 0.25) is 5.91 Å². The molecule has 0 saturated carbocycles. The van der Waals surface area contributed by atoms with Crippen LogP contribution in [0.25, 0.3) is 5.69 Å². The molecule has 1 atom stereocenters. The first-order chi connectivity index (χ1) is 17.7. The van der Waals surface area contributed by atoms with Gasteiger partial charge in [-0.25, -0.2) is 4.68 Å². The summed E-state index contributed by atoms with van der Waals surface area (Å²) < 4.78 is 11.4. The minimum atomic E-state index is -0.320. The quantitative estimate of drug-likeness (QED) is 0.325. The zero-order valence-electron chi connectivity index (χ0n) is 22.0. The number of aryl methyl sites for hydroxylation is 1. The first kappa shape index (κ1) is 26.3. The smallest absolute Gasteiger partial charge is 0.295 e. The summed E-state index contributed by atoms with van der Waals surface area (Å²) in [5, 5.41) is 12.1. The third-order valence-corrected chi connectivity index (χ3v) is 7.40. The zero-order chi connectivity index (χ0) is 26.7. The van der Waals surface area contributed by atoms with Gasteiger partial charge in [0.1, 0.15) is 11.4 Å². The van der Waals surface area contributed by atoms with E-state index in [-0.39, 0.29) is 29.0 Å². The Morgan fingerprint density at radius 1 is 1.08 bits per heavy atom. The van der Waals surface area contributed by atoms with E-state index in [9.17, 15) is 9.59 Å². The summed E-state index contributed by atoms with van der Waals surface area (Å²) in [7, 11) is 1.79. The second-order valence-corrected chi connectivity index (χ2v) is 9.76. The van der Waals surface area contributed by atoms with Crippen molar-refractivity contribution in [1.82, 2.24) is 24.1 Å². The van der Waals surface area contributed by atoms with Crippen LogP contribution in [0, 0.1) is 20.8 Å². The molecule has 1 N–H and O–H groups in total. The number of ether oxygens (including phenoxy) is 1. The van der Waals surface area contributed by atoms with Crippen molar-refractivity contribution in [2.75, 3.05) is 11.1 Å². The average molecular weight is 521 g/mol. The van der Waals surface area contributed by atoms with Crippen molar-refractivity contribution in [1.29, 1.82) is 0 Å². The Hall–Kier alpha value is -3.79. The number of benzene rings is 2. The molecule has 9 nitrogen and oxygen atoms in total. The topological polar surface area (TPSA) is 96.0 Å². The fraction of sp³-hybridized carbons (Fsp3) is 0.333. The molecule has 4 rings (SSSR count). The number of nitrogens with zero attached hydrogens (tertiary/aromatic N) is 5. The summed E-state index contributed by atoms with van der Waals surface area (Å²) in [5.74, 6) is 1.30. The third-order valence-electron chi connectivity index (χ3n) is 6.43. The van der Waals surface area contributed by atoms with Crippen LogP contribution in [0.2, 0.25) is 0 Å². The molecule has 0 radical (unpaired) electrons. The molecule has 2 aromatic heterocycles. The first-order valence-corrected chi connectivity index (χ1v) is 13.1. The minimum absolute atomic E-state index is 0.0868. The predicted octanol–water partition coefficient (Wildman–Crippen LogP) is 4.58. The number of aromatic nitrogens is 5. The highest BCUT2D eigenvalue weighted by Crippen LogP contribution is 2.28. The van der Waals surface area contributed by atoms with Crippen LogP contribution in [-0.4, -0.2) is 35.8 Å². The van der Waals surface area contributed by atoms with Crippen molar-refractivity contribution in [2.45, 2.75) is 52.4 Å². The van der Waals surface area contributed by atoms with Crippen LogP contribution in [0.5, 0.6) is 5.75 Å². The molecule has 37 heavy (non-hydrogen) atoms. The molecular formula is C27H32N6O3S. The molecule has 1 unspecified atom stereocenters. The van der Waals surface area contributed by atoms with E-state index in [1.807, 2.05) is 67.8 Å². The minimum Gasteiger partial charge on any atom is -0.482 e. The highest BCUT2D eigenvalue weighted by atomic mass is 32.2. The lowest BCUT2D eigenvalue weighted by Crippen LogP contribution is -2.23. The van der Waals surface area contributed by atoms with Crippen LogP contribution in [0.4, 0.5) is 5.69 Å². The summed E-state index contributed by atoms with van der Waals surface area (Å²) in [5.41, 5.74) is 3.64. The van der Waals surface area contributed by atoms with Gasteiger partial charge < -0.3 is 14.6 Å². The Kier molecular flexibility index (Phi) is 7.87. The zero-order valence-corrected chi connectivity index (χ0v) is 22.8. The maximum Gasteiger partial charge on any atom is 0.295 e. The second kappa shape index (κ2) is 11.1. The van der Waals surface area contributed by atoms with Gasteiger partial charge in [-0.1, -0.05) is 42.1 Å². The van der Waals surface area contributed by atoms with Gasteiger partial charge in [-0.3, -0.25) is 14.3 Å². The van der Waals surface area contributed by atoms with Crippen LogP contribution in [-0.2, 0) is 18.4 Å². The summed E-state index contributed by atoms with van der Waals surface area (Å²) in [6.45, 7) is 10.5. The van der Waals surface area contributed by atoms with E-state index < -0.39 is 0 Å². The Labute approximate surface area is 220 Å². The van der Waals surface area contributed by atoms with Crippen LogP contribution >= 0.6 is 11.8 Å². The number of amides is 1. The Balaban J connectivity index is 1.46. The average Bonchev–Trinajstić information content (AvgIpc) is 3.40. The molecule has 0 saturated heterocycles. The number of thioether (sulfide) groups is 1. The Bertz CT molecular complexity index is 1470. The molecule has 2 aromatic carbocycles. The summed E-state index contributed by atoms with van der Waals surface area (Å²) in [4.78, 5) is 25.9. The number of hydrogen-bond donors (Lipinski definition) is 1. The van der Waals surface area contributed by atoms with Gasteiger partial charge in [-0.05, 0) is 63.9 Å². The van der Waals surface area contributed by atoms with Gasteiger partial charge >= 0.3 is 0 Å². The van der Waals surface area contributed by atoms with Crippen molar-refractivity contribution >= 4 is 23.4 Å². The molecule has 2 heterocycles. The number of carbonyl (C=O) groups is 1. The molecule has 1 amide bonds. The number of carbonyl (C=O) groups excluding carboxylic acids is 1. The van der Waals surface area contributed by atoms with Crippen LogP contribution in [0.15, 0.2) is 58.5 Å². The van der Waals surface area contributed by atoms with Gasteiger partial charge in [-0.2, -0.15) is 0 Å². The summed E-state index contributed by atoms with van der Waals surface area (Å²) in [6.07, 6.45) is -0.320. The molecule has 10 heteroatoms. The lowest BCUT2D eigenvalue weighted by Gasteiger charge is -2.17. The molecule has 0 spiro atoms.